The zero-order chi connectivity index (χ0) is 20.5. The summed E-state index contributed by atoms with van der Waals surface area (Å²) in [5, 5.41) is 14.9. The number of hydrogen-bond donors (Lipinski definition) is 1. The third-order valence-corrected chi connectivity index (χ3v) is 10.0. The Balaban J connectivity index is 1.81. The van der Waals surface area contributed by atoms with Gasteiger partial charge in [-0.2, -0.15) is 5.10 Å². The number of carboxylic acid groups (broad SMARTS) is 1. The van der Waals surface area contributed by atoms with Crippen LogP contribution in [0.2, 0.25) is 18.1 Å². The van der Waals surface area contributed by atoms with E-state index < -0.39 is 14.3 Å². The van der Waals surface area contributed by atoms with E-state index >= 15 is 0 Å². The molecule has 0 saturated heterocycles. The van der Waals surface area contributed by atoms with Crippen LogP contribution in [-0.2, 0) is 11.0 Å². The highest BCUT2D eigenvalue weighted by molar-refractivity contribution is 6.74. The van der Waals surface area contributed by atoms with Crippen LogP contribution >= 0.6 is 0 Å². The van der Waals surface area contributed by atoms with E-state index in [-0.39, 0.29) is 10.6 Å². The predicted octanol–water partition coefficient (Wildman–Crippen LogP) is 4.82. The van der Waals surface area contributed by atoms with Crippen LogP contribution in [0.4, 0.5) is 0 Å². The van der Waals surface area contributed by atoms with Gasteiger partial charge >= 0.3 is 5.97 Å². The van der Waals surface area contributed by atoms with Gasteiger partial charge in [-0.3, -0.25) is 9.67 Å². The molecule has 0 spiro atoms. The minimum Gasteiger partial charge on any atom is -0.478 e. The summed E-state index contributed by atoms with van der Waals surface area (Å²) in [4.78, 5) is 15.9. The van der Waals surface area contributed by atoms with Crippen molar-refractivity contribution in [1.82, 2.24) is 14.8 Å². The molecule has 2 heterocycles. The standard InChI is InChI=1S/C21H27N3O3Si/c1-21(2,3)28(4,5)27-14-13-24-12-10-18(23-24)17-8-6-7-15-16(20(25)26)9-11-22-19(15)17/h6-12H,13-14H2,1-5H3,(H,25,26). The van der Waals surface area contributed by atoms with Crippen molar-refractivity contribution in [2.24, 2.45) is 0 Å². The molecule has 0 aliphatic carbocycles. The van der Waals surface area contributed by atoms with Gasteiger partial charge in [0.15, 0.2) is 8.32 Å². The smallest absolute Gasteiger partial charge is 0.336 e. The molecule has 2 aromatic heterocycles. The fraction of sp³-hybridized carbons (Fsp3) is 0.381. The summed E-state index contributed by atoms with van der Waals surface area (Å²) in [5.41, 5.74) is 2.48. The van der Waals surface area contributed by atoms with Gasteiger partial charge in [0, 0.05) is 23.3 Å². The average molecular weight is 398 g/mol. The Bertz CT molecular complexity index is 1010. The maximum atomic E-state index is 11.5. The number of fused-ring (bicyclic) bond motifs is 1. The SMILES string of the molecule is CC(C)(C)[Si](C)(C)OCCn1ccc(-c2cccc3c(C(=O)O)ccnc23)n1. The molecular formula is C21H27N3O3Si. The van der Waals surface area contributed by atoms with E-state index in [1.165, 1.54) is 12.3 Å². The number of carbonyl (C=O) groups is 1. The van der Waals surface area contributed by atoms with E-state index in [2.05, 4.69) is 43.9 Å². The first-order valence-corrected chi connectivity index (χ1v) is 12.3. The maximum Gasteiger partial charge on any atom is 0.336 e. The van der Waals surface area contributed by atoms with Gasteiger partial charge in [-0.1, -0.05) is 39.0 Å². The van der Waals surface area contributed by atoms with Crippen molar-refractivity contribution < 1.29 is 14.3 Å². The maximum absolute atomic E-state index is 11.5. The van der Waals surface area contributed by atoms with E-state index in [0.717, 1.165) is 11.3 Å². The lowest BCUT2D eigenvalue weighted by Crippen LogP contribution is -2.41. The summed E-state index contributed by atoms with van der Waals surface area (Å²) in [7, 11) is -1.78. The molecule has 0 aliphatic rings. The molecule has 1 aromatic carbocycles. The summed E-state index contributed by atoms with van der Waals surface area (Å²) in [6.45, 7) is 12.4. The second-order valence-electron chi connectivity index (χ2n) is 8.44. The van der Waals surface area contributed by atoms with Crippen molar-refractivity contribution in [1.29, 1.82) is 0 Å². The highest BCUT2D eigenvalue weighted by atomic mass is 28.4. The predicted molar refractivity (Wildman–Crippen MR) is 113 cm³/mol. The van der Waals surface area contributed by atoms with E-state index in [9.17, 15) is 9.90 Å². The number of pyridine rings is 1. The second kappa shape index (κ2) is 7.48. The Morgan fingerprint density at radius 1 is 1.21 bits per heavy atom. The number of aromatic carboxylic acids is 1. The number of nitrogens with zero attached hydrogens (tertiary/aromatic N) is 3. The molecule has 0 unspecified atom stereocenters. The zero-order valence-electron chi connectivity index (χ0n) is 17.1. The van der Waals surface area contributed by atoms with E-state index in [1.807, 2.05) is 29.1 Å². The Hall–Kier alpha value is -2.51. The van der Waals surface area contributed by atoms with E-state index in [0.29, 0.717) is 24.1 Å². The monoisotopic (exact) mass is 397 g/mol. The minimum absolute atomic E-state index is 0.179. The van der Waals surface area contributed by atoms with Crippen LogP contribution in [-0.4, -0.2) is 40.8 Å². The first-order valence-electron chi connectivity index (χ1n) is 9.39. The summed E-state index contributed by atoms with van der Waals surface area (Å²) in [5.74, 6) is -0.960. The van der Waals surface area contributed by atoms with Gasteiger partial charge in [0.2, 0.25) is 0 Å². The lowest BCUT2D eigenvalue weighted by molar-refractivity contribution is 0.0699. The molecule has 7 heteroatoms. The molecule has 3 rings (SSSR count). The molecule has 0 atom stereocenters. The fourth-order valence-corrected chi connectivity index (χ4v) is 3.84. The van der Waals surface area contributed by atoms with Crippen LogP contribution < -0.4 is 0 Å². The fourth-order valence-electron chi connectivity index (χ4n) is 2.81. The Morgan fingerprint density at radius 3 is 2.64 bits per heavy atom. The van der Waals surface area contributed by atoms with Crippen molar-refractivity contribution in [3.05, 3.63) is 48.3 Å². The van der Waals surface area contributed by atoms with E-state index in [1.54, 1.807) is 6.07 Å². The van der Waals surface area contributed by atoms with Crippen molar-refractivity contribution in [3.8, 4) is 11.3 Å². The number of hydrogen-bond acceptors (Lipinski definition) is 4. The van der Waals surface area contributed by atoms with Crippen molar-refractivity contribution >= 4 is 25.2 Å². The molecule has 28 heavy (non-hydrogen) atoms. The molecule has 0 saturated carbocycles. The molecule has 1 N–H and O–H groups in total. The van der Waals surface area contributed by atoms with Crippen LogP contribution in [0.1, 0.15) is 31.1 Å². The molecule has 0 aliphatic heterocycles. The van der Waals surface area contributed by atoms with Gasteiger partial charge in [0.05, 0.1) is 29.9 Å². The molecule has 0 fully saturated rings. The van der Waals surface area contributed by atoms with Crippen LogP contribution in [0.25, 0.3) is 22.2 Å². The number of rotatable bonds is 6. The molecule has 0 bridgehead atoms. The van der Waals surface area contributed by atoms with Crippen LogP contribution in [0.5, 0.6) is 0 Å². The summed E-state index contributed by atoms with van der Waals surface area (Å²) in [6, 6.07) is 8.98. The highest BCUT2D eigenvalue weighted by Gasteiger charge is 2.36. The number of benzene rings is 1. The number of aromatic nitrogens is 3. The summed E-state index contributed by atoms with van der Waals surface area (Å²) >= 11 is 0. The third kappa shape index (κ3) is 4.00. The lowest BCUT2D eigenvalue weighted by atomic mass is 10.0. The molecule has 3 aromatic rings. The molecule has 148 valence electrons. The van der Waals surface area contributed by atoms with E-state index in [4.69, 9.17) is 4.43 Å². The van der Waals surface area contributed by atoms with Crippen molar-refractivity contribution in [2.45, 2.75) is 45.4 Å². The lowest BCUT2D eigenvalue weighted by Gasteiger charge is -2.36. The van der Waals surface area contributed by atoms with Gasteiger partial charge in [-0.05, 0) is 30.3 Å². The number of carboxylic acids is 1. The van der Waals surface area contributed by atoms with Gasteiger partial charge in [0.1, 0.15) is 0 Å². The normalized spacial score (nSPS) is 12.5. The average Bonchev–Trinajstić information content (AvgIpc) is 3.08. The number of para-hydroxylation sites is 1. The summed E-state index contributed by atoms with van der Waals surface area (Å²) in [6.07, 6.45) is 3.45. The quantitative estimate of drug-likeness (QED) is 0.604. The third-order valence-electron chi connectivity index (χ3n) is 5.51. The first-order chi connectivity index (χ1) is 13.1. The minimum atomic E-state index is -1.78. The largest absolute Gasteiger partial charge is 0.478 e. The second-order valence-corrected chi connectivity index (χ2v) is 13.2. The van der Waals surface area contributed by atoms with Gasteiger partial charge < -0.3 is 9.53 Å². The van der Waals surface area contributed by atoms with Gasteiger partial charge in [0.25, 0.3) is 0 Å². The van der Waals surface area contributed by atoms with Crippen LogP contribution in [0.3, 0.4) is 0 Å². The first kappa shape index (κ1) is 20.2. The molecule has 6 nitrogen and oxygen atoms in total. The summed E-state index contributed by atoms with van der Waals surface area (Å²) < 4.78 is 8.09. The Labute approximate surface area is 166 Å². The van der Waals surface area contributed by atoms with Gasteiger partial charge in [-0.25, -0.2) is 4.79 Å². The van der Waals surface area contributed by atoms with Crippen LogP contribution in [0.15, 0.2) is 42.7 Å². The zero-order valence-corrected chi connectivity index (χ0v) is 18.1. The van der Waals surface area contributed by atoms with Gasteiger partial charge in [-0.15, -0.1) is 0 Å². The van der Waals surface area contributed by atoms with Crippen molar-refractivity contribution in [2.75, 3.05) is 6.61 Å². The topological polar surface area (TPSA) is 77.2 Å². The molecule has 0 radical (unpaired) electrons. The Morgan fingerprint density at radius 2 is 1.96 bits per heavy atom. The highest BCUT2D eigenvalue weighted by Crippen LogP contribution is 2.36. The van der Waals surface area contributed by atoms with Crippen molar-refractivity contribution in [3.63, 3.8) is 0 Å². The molecular weight excluding hydrogens is 370 g/mol. The Kier molecular flexibility index (Phi) is 5.41. The van der Waals surface area contributed by atoms with Crippen LogP contribution in [0, 0.1) is 0 Å². The molecule has 0 amide bonds.